The molecule has 2 heterocycles. The number of aromatic nitrogens is 5. The lowest BCUT2D eigenvalue weighted by molar-refractivity contribution is -0.121. The molecular formula is C21H33N7O3S. The van der Waals surface area contributed by atoms with Crippen molar-refractivity contribution < 1.29 is 13.7 Å². The Morgan fingerprint density at radius 3 is 2.69 bits per heavy atom. The smallest absolute Gasteiger partial charge is 0.220 e. The summed E-state index contributed by atoms with van der Waals surface area (Å²) in [6.07, 6.45) is 12.4. The van der Waals surface area contributed by atoms with Gasteiger partial charge in [-0.3, -0.25) is 13.9 Å². The third-order valence-electron chi connectivity index (χ3n) is 4.30. The zero-order chi connectivity index (χ0) is 23.6. The molecule has 0 radical (unpaired) electrons. The van der Waals surface area contributed by atoms with Gasteiger partial charge in [-0.05, 0) is 40.8 Å². The molecule has 0 bridgehead atoms. The first-order valence-corrected chi connectivity index (χ1v) is 12.0. The fourth-order valence-electron chi connectivity index (χ4n) is 2.67. The fourth-order valence-corrected chi connectivity index (χ4v) is 3.08. The lowest BCUT2D eigenvalue weighted by Crippen LogP contribution is -2.34. The molecule has 1 N–H and O–H groups in total. The third-order valence-corrected chi connectivity index (χ3v) is 5.02. The number of carbonyl (C=O) groups is 1. The van der Waals surface area contributed by atoms with Gasteiger partial charge < -0.3 is 10.1 Å². The Hall–Kier alpha value is -2.50. The van der Waals surface area contributed by atoms with Gasteiger partial charge in [-0.15, -0.1) is 5.10 Å². The highest BCUT2D eigenvalue weighted by Gasteiger charge is 2.20. The van der Waals surface area contributed by atoms with Gasteiger partial charge in [0.15, 0.2) is 0 Å². The van der Waals surface area contributed by atoms with Crippen molar-refractivity contribution in [1.29, 1.82) is 0 Å². The summed E-state index contributed by atoms with van der Waals surface area (Å²) in [6, 6.07) is 0. The quantitative estimate of drug-likeness (QED) is 0.271. The molecule has 10 nitrogen and oxygen atoms in total. The number of hydrogen-bond donors (Lipinski definition) is 1. The summed E-state index contributed by atoms with van der Waals surface area (Å²) >= 11 is 0. The predicted octanol–water partition coefficient (Wildman–Crippen LogP) is 1.62. The van der Waals surface area contributed by atoms with E-state index in [-0.39, 0.29) is 11.5 Å². The van der Waals surface area contributed by atoms with E-state index >= 15 is 0 Å². The molecule has 1 unspecified atom stereocenters. The maximum atomic E-state index is 12.1. The summed E-state index contributed by atoms with van der Waals surface area (Å²) in [6.45, 7) is 5.45. The molecule has 0 aromatic carbocycles. The minimum absolute atomic E-state index is 0.0271. The van der Waals surface area contributed by atoms with Crippen LogP contribution in [0, 0.1) is 0 Å². The lowest BCUT2D eigenvalue weighted by atomic mass is 10.1. The number of rotatable bonds is 13. The number of nitrogens with one attached hydrogen (secondary N) is 1. The molecule has 0 saturated heterocycles. The highest BCUT2D eigenvalue weighted by molar-refractivity contribution is 7.84. The van der Waals surface area contributed by atoms with Gasteiger partial charge in [0.25, 0.3) is 0 Å². The molecule has 176 valence electrons. The van der Waals surface area contributed by atoms with Crippen molar-refractivity contribution in [3.05, 3.63) is 35.9 Å². The van der Waals surface area contributed by atoms with E-state index in [1.54, 1.807) is 23.3 Å². The van der Waals surface area contributed by atoms with E-state index in [1.807, 2.05) is 51.2 Å². The van der Waals surface area contributed by atoms with E-state index in [0.29, 0.717) is 37.1 Å². The zero-order valence-electron chi connectivity index (χ0n) is 19.4. The number of ether oxygens (including phenoxy) is 1. The molecule has 32 heavy (non-hydrogen) atoms. The third kappa shape index (κ3) is 9.75. The van der Waals surface area contributed by atoms with E-state index in [2.05, 4.69) is 25.6 Å². The molecule has 2 rings (SSSR count). The first-order chi connectivity index (χ1) is 15.1. The first kappa shape index (κ1) is 25.8. The van der Waals surface area contributed by atoms with Crippen LogP contribution in [0.3, 0.4) is 0 Å². The van der Waals surface area contributed by atoms with Crippen LogP contribution in [0.4, 0.5) is 0 Å². The van der Waals surface area contributed by atoms with Crippen molar-refractivity contribution in [3.63, 3.8) is 0 Å². The maximum Gasteiger partial charge on any atom is 0.220 e. The molecule has 0 aliphatic heterocycles. The number of amides is 1. The summed E-state index contributed by atoms with van der Waals surface area (Å²) in [5.41, 5.74) is 1.16. The van der Waals surface area contributed by atoms with E-state index in [9.17, 15) is 9.00 Å². The molecule has 2 aromatic heterocycles. The molecule has 1 atom stereocenters. The summed E-state index contributed by atoms with van der Waals surface area (Å²) in [7, 11) is 2.72. The van der Waals surface area contributed by atoms with Crippen molar-refractivity contribution in [2.45, 2.75) is 57.0 Å². The van der Waals surface area contributed by atoms with Gasteiger partial charge in [-0.1, -0.05) is 17.4 Å². The van der Waals surface area contributed by atoms with Gasteiger partial charge in [-0.2, -0.15) is 0 Å². The van der Waals surface area contributed by atoms with Crippen LogP contribution >= 0.6 is 0 Å². The van der Waals surface area contributed by atoms with Gasteiger partial charge in [0, 0.05) is 30.6 Å². The van der Waals surface area contributed by atoms with Gasteiger partial charge in [-0.25, -0.2) is 14.6 Å². The Labute approximate surface area is 191 Å². The van der Waals surface area contributed by atoms with E-state index < -0.39 is 10.8 Å². The van der Waals surface area contributed by atoms with Crippen LogP contribution in [0.15, 0.2) is 29.8 Å². The van der Waals surface area contributed by atoms with Crippen molar-refractivity contribution in [1.82, 2.24) is 35.2 Å². The number of nitrogens with zero attached hydrogens (tertiary/aromatic N) is 6. The minimum Gasteiger partial charge on any atom is -0.358 e. The normalized spacial score (nSPS) is 13.1. The number of carbonyl (C=O) groups excluding carboxylic acids is 1. The second-order valence-electron chi connectivity index (χ2n) is 8.34. The Morgan fingerprint density at radius 1 is 1.31 bits per heavy atom. The zero-order valence-corrected chi connectivity index (χ0v) is 20.3. The standard InChI is InChI=1S/C21H33N7O3S/c1-21(2,31-16-27(3)4)15-28-14-18(25-26-28)13-22-19(29)10-8-6-7-9-17-11-23-20(24-12-17)32(5)30/h7,9,11-12,14H,6,8,10,13,15-16H2,1-5H3,(H,22,29)/b9-7+. The Bertz CT molecular complexity index is 910. The lowest BCUT2D eigenvalue weighted by Gasteiger charge is -2.26. The fraction of sp³-hybridized carbons (Fsp3) is 0.571. The van der Waals surface area contributed by atoms with Crippen LogP contribution in [0.1, 0.15) is 44.4 Å². The Morgan fingerprint density at radius 2 is 2.03 bits per heavy atom. The van der Waals surface area contributed by atoms with Gasteiger partial charge in [0.1, 0.15) is 5.69 Å². The average molecular weight is 464 g/mol. The minimum atomic E-state index is -1.18. The highest BCUT2D eigenvalue weighted by atomic mass is 32.2. The number of allylic oxidation sites excluding steroid dienone is 1. The summed E-state index contributed by atoms with van der Waals surface area (Å²) < 4.78 is 18.9. The SMILES string of the molecule is CN(C)COC(C)(C)Cn1cc(CNC(=O)CCC/C=C/c2cnc(S(C)=O)nc2)nn1. The van der Waals surface area contributed by atoms with Crippen LogP contribution in [-0.4, -0.2) is 72.7 Å². The second-order valence-corrected chi connectivity index (χ2v) is 9.62. The van der Waals surface area contributed by atoms with Crippen LogP contribution < -0.4 is 5.32 Å². The van der Waals surface area contributed by atoms with Crippen LogP contribution in [0.2, 0.25) is 0 Å². The first-order valence-electron chi connectivity index (χ1n) is 10.4. The van der Waals surface area contributed by atoms with E-state index in [1.165, 1.54) is 0 Å². The average Bonchev–Trinajstić information content (AvgIpc) is 3.17. The van der Waals surface area contributed by atoms with Gasteiger partial charge in [0.05, 0.1) is 42.4 Å². The highest BCUT2D eigenvalue weighted by Crippen LogP contribution is 2.12. The van der Waals surface area contributed by atoms with E-state index in [0.717, 1.165) is 18.4 Å². The largest absolute Gasteiger partial charge is 0.358 e. The Balaban J connectivity index is 1.66. The molecule has 0 aliphatic rings. The summed E-state index contributed by atoms with van der Waals surface area (Å²) in [5, 5.41) is 11.4. The molecule has 0 spiro atoms. The molecule has 0 saturated carbocycles. The van der Waals surface area contributed by atoms with Crippen LogP contribution in [0.25, 0.3) is 6.08 Å². The molecule has 0 aliphatic carbocycles. The predicted molar refractivity (Wildman–Crippen MR) is 123 cm³/mol. The van der Waals surface area contributed by atoms with E-state index in [4.69, 9.17) is 4.74 Å². The van der Waals surface area contributed by atoms with Crippen molar-refractivity contribution in [2.24, 2.45) is 0 Å². The molecular weight excluding hydrogens is 430 g/mol. The Kier molecular flexibility index (Phi) is 10.1. The van der Waals surface area contributed by atoms with Crippen molar-refractivity contribution in [2.75, 3.05) is 27.1 Å². The molecule has 2 aromatic rings. The number of hydrogen-bond acceptors (Lipinski definition) is 8. The monoisotopic (exact) mass is 463 g/mol. The van der Waals surface area contributed by atoms with Crippen LogP contribution in [0.5, 0.6) is 0 Å². The maximum absolute atomic E-state index is 12.1. The molecule has 11 heteroatoms. The van der Waals surface area contributed by atoms with Gasteiger partial charge in [0.2, 0.25) is 11.1 Å². The summed E-state index contributed by atoms with van der Waals surface area (Å²) in [4.78, 5) is 22.1. The summed E-state index contributed by atoms with van der Waals surface area (Å²) in [5.74, 6) is -0.0271. The van der Waals surface area contributed by atoms with Gasteiger partial charge >= 0.3 is 0 Å². The molecule has 0 fully saturated rings. The number of unbranched alkanes of at least 4 members (excludes halogenated alkanes) is 1. The molecule has 1 amide bonds. The van der Waals surface area contributed by atoms with Crippen molar-refractivity contribution >= 4 is 22.8 Å². The topological polar surface area (TPSA) is 115 Å². The van der Waals surface area contributed by atoms with Crippen molar-refractivity contribution in [3.8, 4) is 0 Å². The van der Waals surface area contributed by atoms with Crippen LogP contribution in [-0.2, 0) is 33.4 Å². The second kappa shape index (κ2) is 12.5.